The van der Waals surface area contributed by atoms with Crippen molar-refractivity contribution in [1.82, 2.24) is 5.32 Å². The summed E-state index contributed by atoms with van der Waals surface area (Å²) in [7, 11) is 0. The number of halogens is 1. The fraction of sp³-hybridized carbons (Fsp3) is 0.571. The SMILES string of the molecule is CC1(C)CCCNC1CNc1cc(F)cc([N+](=O)[O-])c1. The van der Waals surface area contributed by atoms with Crippen LogP contribution in [0.2, 0.25) is 0 Å². The van der Waals surface area contributed by atoms with Gasteiger partial charge in [-0.15, -0.1) is 0 Å². The van der Waals surface area contributed by atoms with Crippen LogP contribution < -0.4 is 10.6 Å². The molecule has 1 saturated heterocycles. The average Bonchev–Trinajstić information content (AvgIpc) is 2.36. The molecule has 0 spiro atoms. The zero-order valence-corrected chi connectivity index (χ0v) is 11.8. The summed E-state index contributed by atoms with van der Waals surface area (Å²) >= 11 is 0. The Morgan fingerprint density at radius 1 is 1.50 bits per heavy atom. The summed E-state index contributed by atoms with van der Waals surface area (Å²) in [6.07, 6.45) is 2.28. The second-order valence-corrected chi connectivity index (χ2v) is 5.93. The van der Waals surface area contributed by atoms with Gasteiger partial charge in [0, 0.05) is 24.3 Å². The first-order valence-electron chi connectivity index (χ1n) is 6.81. The van der Waals surface area contributed by atoms with Crippen LogP contribution in [-0.4, -0.2) is 24.1 Å². The van der Waals surface area contributed by atoms with Crippen molar-refractivity contribution in [2.45, 2.75) is 32.7 Å². The van der Waals surface area contributed by atoms with E-state index >= 15 is 0 Å². The molecule has 0 saturated carbocycles. The monoisotopic (exact) mass is 281 g/mol. The van der Waals surface area contributed by atoms with Crippen molar-refractivity contribution in [1.29, 1.82) is 0 Å². The van der Waals surface area contributed by atoms with Crippen molar-refractivity contribution < 1.29 is 9.31 Å². The van der Waals surface area contributed by atoms with Gasteiger partial charge < -0.3 is 10.6 Å². The van der Waals surface area contributed by atoms with E-state index in [1.54, 1.807) is 0 Å². The number of piperidine rings is 1. The number of non-ortho nitro benzene ring substituents is 1. The molecule has 20 heavy (non-hydrogen) atoms. The molecule has 1 atom stereocenters. The van der Waals surface area contributed by atoms with Gasteiger partial charge in [0.1, 0.15) is 5.82 Å². The lowest BCUT2D eigenvalue weighted by atomic mass is 9.77. The van der Waals surface area contributed by atoms with Crippen LogP contribution in [0.25, 0.3) is 0 Å². The van der Waals surface area contributed by atoms with E-state index in [9.17, 15) is 14.5 Å². The highest BCUT2D eigenvalue weighted by Crippen LogP contribution is 2.30. The highest BCUT2D eigenvalue weighted by molar-refractivity contribution is 5.51. The Hall–Kier alpha value is -1.69. The minimum Gasteiger partial charge on any atom is -0.383 e. The molecule has 6 heteroatoms. The van der Waals surface area contributed by atoms with Crippen LogP contribution >= 0.6 is 0 Å². The summed E-state index contributed by atoms with van der Waals surface area (Å²) in [5, 5.41) is 17.3. The quantitative estimate of drug-likeness (QED) is 0.658. The Morgan fingerprint density at radius 3 is 2.90 bits per heavy atom. The van der Waals surface area contributed by atoms with Crippen LogP contribution in [-0.2, 0) is 0 Å². The van der Waals surface area contributed by atoms with E-state index in [0.717, 1.165) is 25.5 Å². The zero-order valence-electron chi connectivity index (χ0n) is 11.8. The smallest absolute Gasteiger partial charge is 0.274 e. The number of anilines is 1. The molecule has 1 aromatic rings. The standard InChI is InChI=1S/C14H20FN3O2/c1-14(2)4-3-5-16-13(14)9-17-11-6-10(15)7-12(8-11)18(19)20/h6-8,13,16-17H,3-5,9H2,1-2H3. The fourth-order valence-electron chi connectivity index (χ4n) is 2.62. The lowest BCUT2D eigenvalue weighted by Gasteiger charge is -2.39. The van der Waals surface area contributed by atoms with Crippen LogP contribution in [0.3, 0.4) is 0 Å². The first-order chi connectivity index (χ1) is 9.38. The van der Waals surface area contributed by atoms with E-state index in [0.29, 0.717) is 12.2 Å². The Kier molecular flexibility index (Phi) is 4.23. The summed E-state index contributed by atoms with van der Waals surface area (Å²) in [5.41, 5.74) is 0.369. The highest BCUT2D eigenvalue weighted by atomic mass is 19.1. The lowest BCUT2D eigenvalue weighted by Crippen LogP contribution is -2.50. The number of nitro benzene ring substituents is 1. The molecule has 1 heterocycles. The van der Waals surface area contributed by atoms with Crippen molar-refractivity contribution in [3.8, 4) is 0 Å². The fourth-order valence-corrected chi connectivity index (χ4v) is 2.62. The molecule has 0 amide bonds. The van der Waals surface area contributed by atoms with Crippen molar-refractivity contribution >= 4 is 11.4 Å². The first-order valence-corrected chi connectivity index (χ1v) is 6.81. The van der Waals surface area contributed by atoms with Crippen molar-refractivity contribution in [2.75, 3.05) is 18.4 Å². The van der Waals surface area contributed by atoms with Gasteiger partial charge in [-0.05, 0) is 30.9 Å². The molecule has 1 aliphatic heterocycles. The minimum absolute atomic E-state index is 0.157. The Bertz CT molecular complexity index is 505. The molecular formula is C14H20FN3O2. The van der Waals surface area contributed by atoms with Gasteiger partial charge in [0.05, 0.1) is 11.0 Å². The molecular weight excluding hydrogens is 261 g/mol. The van der Waals surface area contributed by atoms with Gasteiger partial charge in [-0.2, -0.15) is 0 Å². The van der Waals surface area contributed by atoms with Gasteiger partial charge in [-0.1, -0.05) is 13.8 Å². The number of nitrogens with one attached hydrogen (secondary N) is 2. The first kappa shape index (κ1) is 14.7. The number of nitro groups is 1. The highest BCUT2D eigenvalue weighted by Gasteiger charge is 2.31. The molecule has 1 unspecified atom stereocenters. The van der Waals surface area contributed by atoms with Crippen molar-refractivity contribution in [3.05, 3.63) is 34.1 Å². The van der Waals surface area contributed by atoms with Gasteiger partial charge in [0.15, 0.2) is 0 Å². The van der Waals surface area contributed by atoms with E-state index < -0.39 is 10.7 Å². The Labute approximate surface area is 117 Å². The van der Waals surface area contributed by atoms with Crippen LogP contribution in [0.5, 0.6) is 0 Å². The maximum Gasteiger partial charge on any atom is 0.274 e. The predicted octanol–water partition coefficient (Wildman–Crippen LogP) is 2.92. The largest absolute Gasteiger partial charge is 0.383 e. The molecule has 0 radical (unpaired) electrons. The van der Waals surface area contributed by atoms with Gasteiger partial charge in [-0.3, -0.25) is 10.1 Å². The van der Waals surface area contributed by atoms with Crippen molar-refractivity contribution in [2.24, 2.45) is 5.41 Å². The summed E-state index contributed by atoms with van der Waals surface area (Å²) in [5.74, 6) is -0.599. The van der Waals surface area contributed by atoms with Gasteiger partial charge >= 0.3 is 0 Å². The maximum atomic E-state index is 13.3. The van der Waals surface area contributed by atoms with Gasteiger partial charge in [-0.25, -0.2) is 4.39 Å². The molecule has 5 nitrogen and oxygen atoms in total. The third-order valence-corrected chi connectivity index (χ3v) is 3.94. The molecule has 0 bridgehead atoms. The predicted molar refractivity (Wildman–Crippen MR) is 76.3 cm³/mol. The number of nitrogens with zero attached hydrogens (tertiary/aromatic N) is 1. The van der Waals surface area contributed by atoms with Crippen LogP contribution in [0.4, 0.5) is 15.8 Å². The summed E-state index contributed by atoms with van der Waals surface area (Å²) in [4.78, 5) is 10.1. The van der Waals surface area contributed by atoms with Gasteiger partial charge in [0.2, 0.25) is 0 Å². The molecule has 0 aromatic heterocycles. The molecule has 0 aliphatic carbocycles. The molecule has 2 rings (SSSR count). The van der Waals surface area contributed by atoms with Crippen LogP contribution in [0.15, 0.2) is 18.2 Å². The minimum atomic E-state index is -0.599. The molecule has 2 N–H and O–H groups in total. The third kappa shape index (κ3) is 3.45. The topological polar surface area (TPSA) is 67.2 Å². The second-order valence-electron chi connectivity index (χ2n) is 5.93. The number of rotatable bonds is 4. The molecule has 110 valence electrons. The summed E-state index contributed by atoms with van der Waals surface area (Å²) in [6.45, 7) is 5.98. The van der Waals surface area contributed by atoms with E-state index in [1.807, 2.05) is 0 Å². The maximum absolute atomic E-state index is 13.3. The number of benzene rings is 1. The normalized spacial score (nSPS) is 21.4. The van der Waals surface area contributed by atoms with Gasteiger partial charge in [0.25, 0.3) is 5.69 Å². The average molecular weight is 281 g/mol. The Balaban J connectivity index is 2.05. The lowest BCUT2D eigenvalue weighted by molar-refractivity contribution is -0.385. The number of hydrogen-bond donors (Lipinski definition) is 2. The van der Waals surface area contributed by atoms with E-state index in [4.69, 9.17) is 0 Å². The summed E-state index contributed by atoms with van der Waals surface area (Å²) in [6, 6.07) is 3.83. The number of hydrogen-bond acceptors (Lipinski definition) is 4. The second kappa shape index (κ2) is 5.75. The van der Waals surface area contributed by atoms with Crippen LogP contribution in [0, 0.1) is 21.3 Å². The van der Waals surface area contributed by atoms with E-state index in [1.165, 1.54) is 12.1 Å². The van der Waals surface area contributed by atoms with E-state index in [-0.39, 0.29) is 17.1 Å². The van der Waals surface area contributed by atoms with E-state index in [2.05, 4.69) is 24.5 Å². The summed E-state index contributed by atoms with van der Waals surface area (Å²) < 4.78 is 13.3. The van der Waals surface area contributed by atoms with Crippen LogP contribution in [0.1, 0.15) is 26.7 Å². The molecule has 1 aliphatic rings. The third-order valence-electron chi connectivity index (χ3n) is 3.94. The zero-order chi connectivity index (χ0) is 14.8. The molecule has 1 fully saturated rings. The Morgan fingerprint density at radius 2 is 2.25 bits per heavy atom. The molecule has 1 aromatic carbocycles. The van der Waals surface area contributed by atoms with Crippen molar-refractivity contribution in [3.63, 3.8) is 0 Å².